The number of imidazole rings is 1. The highest BCUT2D eigenvalue weighted by Gasteiger charge is 2.03. The van der Waals surface area contributed by atoms with Gasteiger partial charge in [0.05, 0.1) is 11.9 Å². The van der Waals surface area contributed by atoms with Crippen LogP contribution in [0.15, 0.2) is 60.8 Å². The Morgan fingerprint density at radius 1 is 1.05 bits per heavy atom. The third kappa shape index (κ3) is 2.80. The predicted octanol–water partition coefficient (Wildman–Crippen LogP) is 3.24. The fourth-order valence-electron chi connectivity index (χ4n) is 1.98. The third-order valence-corrected chi connectivity index (χ3v) is 2.99. The van der Waals surface area contributed by atoms with Crippen molar-refractivity contribution in [3.63, 3.8) is 0 Å². The van der Waals surface area contributed by atoms with Crippen LogP contribution < -0.4 is 10.5 Å². The molecule has 0 unspecified atom stereocenters. The molecule has 0 spiro atoms. The molecule has 0 radical (unpaired) electrons. The molecular formula is C16H15N3O. The van der Waals surface area contributed by atoms with Crippen LogP contribution >= 0.6 is 0 Å². The van der Waals surface area contributed by atoms with E-state index in [0.717, 1.165) is 22.6 Å². The van der Waals surface area contributed by atoms with E-state index in [1.54, 1.807) is 6.20 Å². The number of ether oxygens (including phenoxy) is 1. The number of nitrogens with one attached hydrogen (secondary N) is 1. The second-order valence-corrected chi connectivity index (χ2v) is 4.48. The van der Waals surface area contributed by atoms with Crippen molar-refractivity contribution >= 4 is 5.95 Å². The molecule has 0 bridgehead atoms. The first-order valence-electron chi connectivity index (χ1n) is 6.39. The Bertz CT molecular complexity index is 692. The zero-order valence-corrected chi connectivity index (χ0v) is 10.9. The van der Waals surface area contributed by atoms with Gasteiger partial charge in [-0.3, -0.25) is 0 Å². The Hall–Kier alpha value is -2.75. The molecule has 100 valence electrons. The van der Waals surface area contributed by atoms with Gasteiger partial charge in [-0.25, -0.2) is 4.98 Å². The molecule has 0 amide bonds. The van der Waals surface area contributed by atoms with Crippen molar-refractivity contribution < 1.29 is 4.74 Å². The maximum atomic E-state index is 5.80. The van der Waals surface area contributed by atoms with E-state index in [4.69, 9.17) is 10.5 Å². The number of aromatic amines is 1. The van der Waals surface area contributed by atoms with Gasteiger partial charge in [-0.1, -0.05) is 42.5 Å². The Morgan fingerprint density at radius 2 is 1.90 bits per heavy atom. The minimum absolute atomic E-state index is 0.413. The summed E-state index contributed by atoms with van der Waals surface area (Å²) in [5.74, 6) is 1.23. The summed E-state index contributed by atoms with van der Waals surface area (Å²) >= 11 is 0. The number of nitrogens with two attached hydrogens (primary N) is 1. The van der Waals surface area contributed by atoms with Gasteiger partial charge in [-0.2, -0.15) is 0 Å². The van der Waals surface area contributed by atoms with Gasteiger partial charge in [0.1, 0.15) is 12.4 Å². The average molecular weight is 265 g/mol. The Morgan fingerprint density at radius 3 is 2.65 bits per heavy atom. The average Bonchev–Trinajstić information content (AvgIpc) is 2.93. The summed E-state index contributed by atoms with van der Waals surface area (Å²) in [6, 6.07) is 17.9. The van der Waals surface area contributed by atoms with E-state index in [2.05, 4.69) is 9.97 Å². The molecule has 0 aliphatic rings. The molecule has 3 rings (SSSR count). The molecule has 0 atom stereocenters. The van der Waals surface area contributed by atoms with Crippen LogP contribution in [0.4, 0.5) is 5.95 Å². The minimum Gasteiger partial charge on any atom is -0.489 e. The highest BCUT2D eigenvalue weighted by molar-refractivity contribution is 5.61. The highest BCUT2D eigenvalue weighted by Crippen LogP contribution is 2.23. The summed E-state index contributed by atoms with van der Waals surface area (Å²) in [5.41, 5.74) is 8.61. The van der Waals surface area contributed by atoms with Gasteiger partial charge in [-0.15, -0.1) is 0 Å². The van der Waals surface area contributed by atoms with Gasteiger partial charge < -0.3 is 15.5 Å². The van der Waals surface area contributed by atoms with Crippen molar-refractivity contribution in [1.29, 1.82) is 0 Å². The molecule has 0 saturated carbocycles. The fraction of sp³-hybridized carbons (Fsp3) is 0.0625. The van der Waals surface area contributed by atoms with Crippen molar-refractivity contribution in [1.82, 2.24) is 9.97 Å². The van der Waals surface area contributed by atoms with Crippen molar-refractivity contribution in [2.75, 3.05) is 5.73 Å². The molecule has 3 N–H and O–H groups in total. The molecule has 0 aliphatic heterocycles. The van der Waals surface area contributed by atoms with Crippen LogP contribution in [0, 0.1) is 0 Å². The lowest BCUT2D eigenvalue weighted by Crippen LogP contribution is -1.95. The topological polar surface area (TPSA) is 63.9 Å². The summed E-state index contributed by atoms with van der Waals surface area (Å²) in [4.78, 5) is 7.00. The number of nitrogens with zero attached hydrogens (tertiary/aromatic N) is 1. The van der Waals surface area contributed by atoms with Crippen LogP contribution in [0.1, 0.15) is 5.56 Å². The molecule has 0 fully saturated rings. The number of benzene rings is 2. The number of hydrogen-bond donors (Lipinski definition) is 2. The van der Waals surface area contributed by atoms with Gasteiger partial charge in [-0.05, 0) is 17.7 Å². The second kappa shape index (κ2) is 5.48. The predicted molar refractivity (Wildman–Crippen MR) is 79.2 cm³/mol. The van der Waals surface area contributed by atoms with E-state index in [0.29, 0.717) is 12.6 Å². The zero-order valence-electron chi connectivity index (χ0n) is 10.9. The number of aromatic nitrogens is 2. The number of hydrogen-bond acceptors (Lipinski definition) is 3. The summed E-state index contributed by atoms with van der Waals surface area (Å²) in [5, 5.41) is 0. The van der Waals surface area contributed by atoms with E-state index >= 15 is 0 Å². The SMILES string of the molecule is Nc1ncc(-c2cccc(OCc3ccccc3)c2)[nH]1. The monoisotopic (exact) mass is 265 g/mol. The van der Waals surface area contributed by atoms with E-state index in [1.807, 2.05) is 54.6 Å². The maximum absolute atomic E-state index is 5.80. The van der Waals surface area contributed by atoms with Crippen LogP contribution in [-0.4, -0.2) is 9.97 Å². The molecule has 0 aliphatic carbocycles. The van der Waals surface area contributed by atoms with Crippen LogP contribution in [0.25, 0.3) is 11.3 Å². The molecule has 1 aromatic heterocycles. The number of nitrogen functional groups attached to an aromatic ring is 1. The lowest BCUT2D eigenvalue weighted by atomic mass is 10.1. The first kappa shape index (κ1) is 12.3. The highest BCUT2D eigenvalue weighted by atomic mass is 16.5. The summed E-state index contributed by atoms with van der Waals surface area (Å²) in [6.07, 6.45) is 1.71. The first-order chi connectivity index (χ1) is 9.81. The zero-order chi connectivity index (χ0) is 13.8. The molecule has 2 aromatic carbocycles. The Labute approximate surface area is 117 Å². The van der Waals surface area contributed by atoms with Crippen molar-refractivity contribution in [3.05, 3.63) is 66.4 Å². The van der Waals surface area contributed by atoms with Crippen molar-refractivity contribution in [2.45, 2.75) is 6.61 Å². The molecule has 3 aromatic rings. The van der Waals surface area contributed by atoms with E-state index in [9.17, 15) is 0 Å². The van der Waals surface area contributed by atoms with Gasteiger partial charge in [0.15, 0.2) is 5.95 Å². The van der Waals surface area contributed by atoms with Crippen LogP contribution in [0.2, 0.25) is 0 Å². The molecule has 4 heteroatoms. The van der Waals surface area contributed by atoms with Gasteiger partial charge in [0.25, 0.3) is 0 Å². The number of H-pyrrole nitrogens is 1. The maximum Gasteiger partial charge on any atom is 0.197 e. The molecular weight excluding hydrogens is 250 g/mol. The first-order valence-corrected chi connectivity index (χ1v) is 6.39. The second-order valence-electron chi connectivity index (χ2n) is 4.48. The normalized spacial score (nSPS) is 10.4. The minimum atomic E-state index is 0.413. The van der Waals surface area contributed by atoms with Crippen LogP contribution in [-0.2, 0) is 6.61 Å². The largest absolute Gasteiger partial charge is 0.489 e. The Balaban J connectivity index is 1.75. The smallest absolute Gasteiger partial charge is 0.197 e. The van der Waals surface area contributed by atoms with Gasteiger partial charge >= 0.3 is 0 Å². The Kier molecular flexibility index (Phi) is 3.37. The quantitative estimate of drug-likeness (QED) is 0.761. The summed E-state index contributed by atoms with van der Waals surface area (Å²) in [7, 11) is 0. The molecule has 0 saturated heterocycles. The summed E-state index contributed by atoms with van der Waals surface area (Å²) < 4.78 is 5.80. The molecule has 4 nitrogen and oxygen atoms in total. The van der Waals surface area contributed by atoms with Gasteiger partial charge in [0, 0.05) is 5.56 Å². The third-order valence-electron chi connectivity index (χ3n) is 2.99. The van der Waals surface area contributed by atoms with Crippen LogP contribution in [0.5, 0.6) is 5.75 Å². The van der Waals surface area contributed by atoms with Gasteiger partial charge in [0.2, 0.25) is 0 Å². The fourth-order valence-corrected chi connectivity index (χ4v) is 1.98. The summed E-state index contributed by atoms with van der Waals surface area (Å²) in [6.45, 7) is 0.551. The molecule has 20 heavy (non-hydrogen) atoms. The number of rotatable bonds is 4. The van der Waals surface area contributed by atoms with Crippen molar-refractivity contribution in [3.8, 4) is 17.0 Å². The van der Waals surface area contributed by atoms with E-state index < -0.39 is 0 Å². The lowest BCUT2D eigenvalue weighted by Gasteiger charge is -2.07. The van der Waals surface area contributed by atoms with Crippen molar-refractivity contribution in [2.24, 2.45) is 0 Å². The van der Waals surface area contributed by atoms with E-state index in [1.165, 1.54) is 0 Å². The van der Waals surface area contributed by atoms with E-state index in [-0.39, 0.29) is 0 Å². The van der Waals surface area contributed by atoms with Crippen LogP contribution in [0.3, 0.4) is 0 Å². The lowest BCUT2D eigenvalue weighted by molar-refractivity contribution is 0.306. The molecule has 1 heterocycles. The number of anilines is 1. The standard InChI is InChI=1S/C16H15N3O/c17-16-18-10-15(19-16)13-7-4-8-14(9-13)20-11-12-5-2-1-3-6-12/h1-10H,11H2,(H3,17,18,19).